The molecule has 0 aromatic heterocycles. The molecule has 0 fully saturated rings. The highest BCUT2D eigenvalue weighted by Gasteiger charge is 1.89. The fraction of sp³-hybridized carbons (Fsp3) is 1.00. The summed E-state index contributed by atoms with van der Waals surface area (Å²) in [6.45, 7) is 7.15. The van der Waals surface area contributed by atoms with Crippen molar-refractivity contribution in [2.75, 3.05) is 32.7 Å². The van der Waals surface area contributed by atoms with Crippen LogP contribution in [-0.4, -0.2) is 32.7 Å². The van der Waals surface area contributed by atoms with Crippen molar-refractivity contribution in [3.05, 3.63) is 0 Å². The van der Waals surface area contributed by atoms with E-state index in [-0.39, 0.29) is 0 Å². The SMILES string of the molecule is CCCCNCCC[N]CCCN. The van der Waals surface area contributed by atoms with Gasteiger partial charge in [-0.1, -0.05) is 13.3 Å². The van der Waals surface area contributed by atoms with Crippen molar-refractivity contribution < 1.29 is 0 Å². The number of hydrogen-bond acceptors (Lipinski definition) is 2. The van der Waals surface area contributed by atoms with Gasteiger partial charge in [-0.25, -0.2) is 5.32 Å². The van der Waals surface area contributed by atoms with Crippen LogP contribution >= 0.6 is 0 Å². The smallest absolute Gasteiger partial charge is 0.0145 e. The van der Waals surface area contributed by atoms with E-state index in [2.05, 4.69) is 17.6 Å². The standard InChI is InChI=1S/C10H24N3/c1-2-3-7-12-9-5-10-13-8-4-6-11/h12H,2-11H2,1H3. The van der Waals surface area contributed by atoms with Gasteiger partial charge in [-0.3, -0.25) is 0 Å². The summed E-state index contributed by atoms with van der Waals surface area (Å²) in [6.07, 6.45) is 4.75. The normalized spacial score (nSPS) is 10.6. The molecular weight excluding hydrogens is 162 g/mol. The van der Waals surface area contributed by atoms with Crippen molar-refractivity contribution in [3.8, 4) is 0 Å². The third-order valence-electron chi connectivity index (χ3n) is 1.90. The van der Waals surface area contributed by atoms with Gasteiger partial charge in [0.1, 0.15) is 0 Å². The highest BCUT2D eigenvalue weighted by molar-refractivity contribution is 4.51. The Balaban J connectivity index is 2.76. The summed E-state index contributed by atoms with van der Waals surface area (Å²) in [5.41, 5.74) is 5.35. The predicted octanol–water partition coefficient (Wildman–Crippen LogP) is 0.719. The molecule has 0 aliphatic carbocycles. The van der Waals surface area contributed by atoms with Crippen molar-refractivity contribution in [2.45, 2.75) is 32.6 Å². The van der Waals surface area contributed by atoms with E-state index in [4.69, 9.17) is 5.73 Å². The molecule has 3 N–H and O–H groups in total. The maximum Gasteiger partial charge on any atom is 0.0145 e. The van der Waals surface area contributed by atoms with Gasteiger partial charge in [0, 0.05) is 13.1 Å². The van der Waals surface area contributed by atoms with Crippen LogP contribution in [0.25, 0.3) is 0 Å². The van der Waals surface area contributed by atoms with E-state index in [1.54, 1.807) is 0 Å². The molecular formula is C10H24N3. The zero-order chi connectivity index (χ0) is 9.78. The Kier molecular flexibility index (Phi) is 11.8. The van der Waals surface area contributed by atoms with Gasteiger partial charge in [-0.15, -0.1) is 0 Å². The van der Waals surface area contributed by atoms with Gasteiger partial charge in [0.05, 0.1) is 0 Å². The zero-order valence-electron chi connectivity index (χ0n) is 8.89. The van der Waals surface area contributed by atoms with Crippen LogP contribution in [0.2, 0.25) is 0 Å². The van der Waals surface area contributed by atoms with E-state index in [0.717, 1.165) is 45.6 Å². The monoisotopic (exact) mass is 186 g/mol. The van der Waals surface area contributed by atoms with Gasteiger partial charge in [-0.2, -0.15) is 0 Å². The first kappa shape index (κ1) is 12.9. The minimum Gasteiger partial charge on any atom is -0.330 e. The van der Waals surface area contributed by atoms with Crippen molar-refractivity contribution in [1.29, 1.82) is 0 Å². The second kappa shape index (κ2) is 11.9. The minimum absolute atomic E-state index is 0.762. The quantitative estimate of drug-likeness (QED) is 0.494. The molecule has 0 bridgehead atoms. The third-order valence-corrected chi connectivity index (χ3v) is 1.90. The molecule has 3 heteroatoms. The molecule has 0 saturated carbocycles. The lowest BCUT2D eigenvalue weighted by Gasteiger charge is -2.03. The van der Waals surface area contributed by atoms with Crippen molar-refractivity contribution in [3.63, 3.8) is 0 Å². The molecule has 0 spiro atoms. The topological polar surface area (TPSA) is 52.2 Å². The number of nitrogens with one attached hydrogen (secondary N) is 1. The summed E-state index contributed by atoms with van der Waals surface area (Å²) in [6, 6.07) is 0. The van der Waals surface area contributed by atoms with Crippen LogP contribution in [-0.2, 0) is 0 Å². The van der Waals surface area contributed by atoms with Gasteiger partial charge in [0.15, 0.2) is 0 Å². The Morgan fingerprint density at radius 1 is 1.08 bits per heavy atom. The molecule has 0 aromatic rings. The van der Waals surface area contributed by atoms with E-state index in [1.165, 1.54) is 12.8 Å². The van der Waals surface area contributed by atoms with E-state index in [0.29, 0.717) is 0 Å². The van der Waals surface area contributed by atoms with Gasteiger partial charge in [-0.05, 0) is 38.9 Å². The lowest BCUT2D eigenvalue weighted by Crippen LogP contribution is -2.20. The highest BCUT2D eigenvalue weighted by Crippen LogP contribution is 1.83. The largest absolute Gasteiger partial charge is 0.330 e. The first-order valence-corrected chi connectivity index (χ1v) is 5.45. The fourth-order valence-corrected chi connectivity index (χ4v) is 1.06. The summed E-state index contributed by atoms with van der Waals surface area (Å²) in [4.78, 5) is 0. The molecule has 0 heterocycles. The maximum absolute atomic E-state index is 5.35. The molecule has 79 valence electrons. The molecule has 3 nitrogen and oxygen atoms in total. The van der Waals surface area contributed by atoms with Crippen molar-refractivity contribution >= 4 is 0 Å². The molecule has 0 saturated heterocycles. The highest BCUT2D eigenvalue weighted by atomic mass is 14.9. The Morgan fingerprint density at radius 2 is 1.77 bits per heavy atom. The van der Waals surface area contributed by atoms with Crippen LogP contribution in [0, 0.1) is 0 Å². The van der Waals surface area contributed by atoms with Gasteiger partial charge < -0.3 is 11.1 Å². The fourth-order valence-electron chi connectivity index (χ4n) is 1.06. The molecule has 0 atom stereocenters. The minimum atomic E-state index is 0.762. The second-order valence-corrected chi connectivity index (χ2v) is 3.27. The van der Waals surface area contributed by atoms with E-state index < -0.39 is 0 Å². The Hall–Kier alpha value is -0.120. The molecule has 0 unspecified atom stereocenters. The van der Waals surface area contributed by atoms with E-state index in [9.17, 15) is 0 Å². The van der Waals surface area contributed by atoms with Gasteiger partial charge in [0.25, 0.3) is 0 Å². The molecule has 0 rings (SSSR count). The molecule has 0 amide bonds. The molecule has 0 aromatic carbocycles. The average Bonchev–Trinajstić information content (AvgIpc) is 2.16. The van der Waals surface area contributed by atoms with Crippen molar-refractivity contribution in [1.82, 2.24) is 10.6 Å². The number of nitrogens with zero attached hydrogens (tertiary/aromatic N) is 1. The predicted molar refractivity (Wildman–Crippen MR) is 57.9 cm³/mol. The Morgan fingerprint density at radius 3 is 2.46 bits per heavy atom. The number of rotatable bonds is 10. The van der Waals surface area contributed by atoms with Gasteiger partial charge in [0.2, 0.25) is 0 Å². The number of nitrogens with two attached hydrogens (primary N) is 1. The molecule has 0 aliphatic heterocycles. The third kappa shape index (κ3) is 11.9. The summed E-state index contributed by atoms with van der Waals surface area (Å²) >= 11 is 0. The number of hydrogen-bond donors (Lipinski definition) is 2. The first-order chi connectivity index (χ1) is 6.41. The molecule has 0 aliphatic rings. The summed E-state index contributed by atoms with van der Waals surface area (Å²) in [5.74, 6) is 0. The molecule has 13 heavy (non-hydrogen) atoms. The maximum atomic E-state index is 5.35. The lowest BCUT2D eigenvalue weighted by molar-refractivity contribution is 0.569. The van der Waals surface area contributed by atoms with Gasteiger partial charge >= 0.3 is 0 Å². The number of unbranched alkanes of at least 4 members (excludes halogenated alkanes) is 1. The van der Waals surface area contributed by atoms with Crippen LogP contribution in [0.3, 0.4) is 0 Å². The van der Waals surface area contributed by atoms with Crippen molar-refractivity contribution in [2.24, 2.45) is 5.73 Å². The van der Waals surface area contributed by atoms with Crippen LogP contribution in [0.15, 0.2) is 0 Å². The Labute approximate surface area is 82.5 Å². The van der Waals surface area contributed by atoms with Crippen LogP contribution in [0.4, 0.5) is 0 Å². The summed E-state index contributed by atoms with van der Waals surface area (Å²) < 4.78 is 0. The summed E-state index contributed by atoms with van der Waals surface area (Å²) in [5, 5.41) is 7.75. The second-order valence-electron chi connectivity index (χ2n) is 3.27. The van der Waals surface area contributed by atoms with Crippen LogP contribution in [0.1, 0.15) is 32.6 Å². The Bertz CT molecular complexity index is 76.2. The summed E-state index contributed by atoms with van der Waals surface area (Å²) in [7, 11) is 0. The van der Waals surface area contributed by atoms with Crippen LogP contribution < -0.4 is 16.4 Å². The van der Waals surface area contributed by atoms with E-state index >= 15 is 0 Å². The van der Waals surface area contributed by atoms with Crippen LogP contribution in [0.5, 0.6) is 0 Å². The average molecular weight is 186 g/mol. The molecule has 1 radical (unpaired) electrons. The van der Waals surface area contributed by atoms with E-state index in [1.807, 2.05) is 0 Å². The lowest BCUT2D eigenvalue weighted by atomic mass is 10.3. The zero-order valence-corrected chi connectivity index (χ0v) is 8.89. The first-order valence-electron chi connectivity index (χ1n) is 5.45.